The van der Waals surface area contributed by atoms with E-state index in [1.807, 2.05) is 4.68 Å². The Bertz CT molecular complexity index is 301. The molecular weight excluding hydrogens is 220 g/mol. The highest BCUT2D eigenvalue weighted by atomic mass is 16.5. The van der Waals surface area contributed by atoms with Crippen LogP contribution in [0.2, 0.25) is 0 Å². The van der Waals surface area contributed by atoms with Gasteiger partial charge in [0.15, 0.2) is 0 Å². The Morgan fingerprint density at radius 3 is 3.00 bits per heavy atom. The van der Waals surface area contributed by atoms with E-state index in [-0.39, 0.29) is 6.61 Å². The Balaban J connectivity index is 2.20. The second kappa shape index (κ2) is 8.16. The van der Waals surface area contributed by atoms with Crippen LogP contribution in [0.1, 0.15) is 19.7 Å². The van der Waals surface area contributed by atoms with Gasteiger partial charge >= 0.3 is 0 Å². The van der Waals surface area contributed by atoms with Gasteiger partial charge in [-0.05, 0) is 5.92 Å². The van der Waals surface area contributed by atoms with Gasteiger partial charge in [0.2, 0.25) is 0 Å². The molecule has 0 bridgehead atoms. The Morgan fingerprint density at radius 2 is 2.29 bits per heavy atom. The molecule has 2 N–H and O–H groups in total. The number of hydrogen-bond acceptors (Lipinski definition) is 5. The van der Waals surface area contributed by atoms with E-state index < -0.39 is 0 Å². The van der Waals surface area contributed by atoms with E-state index in [0.717, 1.165) is 18.9 Å². The van der Waals surface area contributed by atoms with Crippen LogP contribution in [0.25, 0.3) is 0 Å². The highest BCUT2D eigenvalue weighted by molar-refractivity contribution is 4.83. The molecule has 0 saturated heterocycles. The molecule has 0 atom stereocenters. The molecule has 6 nitrogen and oxygen atoms in total. The molecule has 0 amide bonds. The number of ether oxygens (including phenoxy) is 1. The van der Waals surface area contributed by atoms with Gasteiger partial charge in [-0.25, -0.2) is 9.67 Å². The van der Waals surface area contributed by atoms with Crippen LogP contribution in [0.5, 0.6) is 0 Å². The monoisotopic (exact) mass is 242 g/mol. The van der Waals surface area contributed by atoms with Crippen molar-refractivity contribution in [1.29, 1.82) is 0 Å². The van der Waals surface area contributed by atoms with Crippen LogP contribution < -0.4 is 5.32 Å². The van der Waals surface area contributed by atoms with Crippen molar-refractivity contribution in [2.24, 2.45) is 5.92 Å². The van der Waals surface area contributed by atoms with Gasteiger partial charge < -0.3 is 15.2 Å². The third-order valence-corrected chi connectivity index (χ3v) is 2.18. The molecule has 1 aromatic rings. The summed E-state index contributed by atoms with van der Waals surface area (Å²) < 4.78 is 7.06. The molecule has 1 aromatic heterocycles. The molecule has 1 heterocycles. The van der Waals surface area contributed by atoms with Crippen molar-refractivity contribution >= 4 is 0 Å². The predicted molar refractivity (Wildman–Crippen MR) is 64.5 cm³/mol. The second-order valence-electron chi connectivity index (χ2n) is 4.26. The van der Waals surface area contributed by atoms with Crippen molar-refractivity contribution in [2.45, 2.75) is 26.9 Å². The molecule has 0 aliphatic carbocycles. The fourth-order valence-electron chi connectivity index (χ4n) is 1.43. The zero-order valence-corrected chi connectivity index (χ0v) is 10.6. The van der Waals surface area contributed by atoms with Crippen LogP contribution in [0, 0.1) is 5.92 Å². The third kappa shape index (κ3) is 5.76. The first kappa shape index (κ1) is 14.1. The molecule has 0 unspecified atom stereocenters. The molecule has 98 valence electrons. The van der Waals surface area contributed by atoms with E-state index in [9.17, 15) is 0 Å². The normalized spacial score (nSPS) is 11.3. The Kier molecular flexibility index (Phi) is 6.76. The van der Waals surface area contributed by atoms with Crippen LogP contribution in [-0.2, 0) is 17.8 Å². The zero-order valence-electron chi connectivity index (χ0n) is 10.6. The maximum absolute atomic E-state index is 8.53. The minimum absolute atomic E-state index is 0.0721. The van der Waals surface area contributed by atoms with Gasteiger partial charge in [-0.3, -0.25) is 0 Å². The molecule has 0 aliphatic rings. The van der Waals surface area contributed by atoms with Gasteiger partial charge in [0.1, 0.15) is 12.2 Å². The molecule has 0 aromatic carbocycles. The Hall–Kier alpha value is -0.980. The molecule has 0 saturated carbocycles. The summed E-state index contributed by atoms with van der Waals surface area (Å²) in [6, 6.07) is 0. The van der Waals surface area contributed by atoms with Gasteiger partial charge in [0.25, 0.3) is 0 Å². The predicted octanol–water partition coefficient (Wildman–Crippen LogP) is 0.0326. The molecule has 17 heavy (non-hydrogen) atoms. The molecule has 0 fully saturated rings. The largest absolute Gasteiger partial charge is 0.394 e. The van der Waals surface area contributed by atoms with Gasteiger partial charge in [0.05, 0.1) is 26.4 Å². The number of rotatable bonds is 9. The first-order chi connectivity index (χ1) is 8.24. The molecule has 0 radical (unpaired) electrons. The summed E-state index contributed by atoms with van der Waals surface area (Å²) in [5.41, 5.74) is 0. The number of aliphatic hydroxyl groups is 1. The summed E-state index contributed by atoms with van der Waals surface area (Å²) in [5.74, 6) is 1.50. The van der Waals surface area contributed by atoms with Crippen LogP contribution >= 0.6 is 0 Å². The maximum atomic E-state index is 8.53. The lowest BCUT2D eigenvalue weighted by Crippen LogP contribution is -2.23. The standard InChI is InChI=1S/C11H22N4O2/c1-10(2)8-15-11(13-9-14-15)7-12-3-5-17-6-4-16/h9-10,12,16H,3-8H2,1-2H3. The van der Waals surface area contributed by atoms with Gasteiger partial charge in [-0.15, -0.1) is 0 Å². The number of hydrogen-bond donors (Lipinski definition) is 2. The van der Waals surface area contributed by atoms with E-state index in [1.165, 1.54) is 0 Å². The lowest BCUT2D eigenvalue weighted by molar-refractivity contribution is 0.0936. The summed E-state index contributed by atoms with van der Waals surface area (Å²) in [6.07, 6.45) is 1.58. The summed E-state index contributed by atoms with van der Waals surface area (Å²) in [4.78, 5) is 4.21. The quantitative estimate of drug-likeness (QED) is 0.598. The molecule has 0 spiro atoms. The molecule has 1 rings (SSSR count). The average Bonchev–Trinajstić information content (AvgIpc) is 2.70. The number of nitrogens with zero attached hydrogens (tertiary/aromatic N) is 3. The summed E-state index contributed by atoms with van der Waals surface area (Å²) in [5, 5.41) is 15.9. The smallest absolute Gasteiger partial charge is 0.140 e. The molecule has 0 aliphatic heterocycles. The van der Waals surface area contributed by atoms with Crippen LogP contribution in [0.3, 0.4) is 0 Å². The van der Waals surface area contributed by atoms with Gasteiger partial charge in [-0.1, -0.05) is 13.8 Å². The third-order valence-electron chi connectivity index (χ3n) is 2.18. The first-order valence-corrected chi connectivity index (χ1v) is 6.00. The number of nitrogens with one attached hydrogen (secondary N) is 1. The van der Waals surface area contributed by atoms with Gasteiger partial charge in [-0.2, -0.15) is 5.10 Å². The van der Waals surface area contributed by atoms with Crippen molar-refractivity contribution in [2.75, 3.05) is 26.4 Å². The number of aromatic nitrogens is 3. The summed E-state index contributed by atoms with van der Waals surface area (Å²) in [6.45, 7) is 7.69. The highest BCUT2D eigenvalue weighted by Crippen LogP contribution is 2.00. The Labute approximate surface area is 102 Å². The van der Waals surface area contributed by atoms with Gasteiger partial charge in [0, 0.05) is 13.1 Å². The van der Waals surface area contributed by atoms with Crippen molar-refractivity contribution in [3.63, 3.8) is 0 Å². The topological polar surface area (TPSA) is 72.2 Å². The van der Waals surface area contributed by atoms with Crippen molar-refractivity contribution < 1.29 is 9.84 Å². The Morgan fingerprint density at radius 1 is 1.47 bits per heavy atom. The van der Waals surface area contributed by atoms with E-state index in [1.54, 1.807) is 6.33 Å². The van der Waals surface area contributed by atoms with Crippen LogP contribution in [-0.4, -0.2) is 46.2 Å². The second-order valence-corrected chi connectivity index (χ2v) is 4.26. The lowest BCUT2D eigenvalue weighted by Gasteiger charge is -2.09. The lowest BCUT2D eigenvalue weighted by atomic mass is 10.2. The van der Waals surface area contributed by atoms with E-state index >= 15 is 0 Å². The van der Waals surface area contributed by atoms with E-state index in [2.05, 4.69) is 29.2 Å². The fourth-order valence-corrected chi connectivity index (χ4v) is 1.43. The number of aliphatic hydroxyl groups excluding tert-OH is 1. The highest BCUT2D eigenvalue weighted by Gasteiger charge is 2.05. The van der Waals surface area contributed by atoms with Crippen molar-refractivity contribution in [1.82, 2.24) is 20.1 Å². The molecular formula is C11H22N4O2. The van der Waals surface area contributed by atoms with E-state index in [4.69, 9.17) is 9.84 Å². The van der Waals surface area contributed by atoms with Crippen LogP contribution in [0.15, 0.2) is 6.33 Å². The SMILES string of the molecule is CC(C)Cn1ncnc1CNCCOCCO. The summed E-state index contributed by atoms with van der Waals surface area (Å²) >= 11 is 0. The average molecular weight is 242 g/mol. The van der Waals surface area contributed by atoms with Crippen LogP contribution in [0.4, 0.5) is 0 Å². The minimum Gasteiger partial charge on any atom is -0.394 e. The molecule has 6 heteroatoms. The maximum Gasteiger partial charge on any atom is 0.140 e. The van der Waals surface area contributed by atoms with Crippen molar-refractivity contribution in [3.8, 4) is 0 Å². The van der Waals surface area contributed by atoms with Crippen molar-refractivity contribution in [3.05, 3.63) is 12.2 Å². The summed E-state index contributed by atoms with van der Waals surface area (Å²) in [7, 11) is 0. The first-order valence-electron chi connectivity index (χ1n) is 6.00. The van der Waals surface area contributed by atoms with E-state index in [0.29, 0.717) is 25.7 Å². The fraction of sp³-hybridized carbons (Fsp3) is 0.818. The minimum atomic E-state index is 0.0721. The zero-order chi connectivity index (χ0) is 12.5.